The van der Waals surface area contributed by atoms with Crippen molar-refractivity contribution in [3.05, 3.63) is 59.5 Å². The molecule has 1 aromatic carbocycles. The molecular formula is C22H26N4O2. The van der Waals surface area contributed by atoms with E-state index in [4.69, 9.17) is 9.52 Å². The molecule has 0 unspecified atom stereocenters. The molecule has 4 rings (SSSR count). The van der Waals surface area contributed by atoms with Crippen LogP contribution in [-0.4, -0.2) is 58.2 Å². The predicted molar refractivity (Wildman–Crippen MR) is 109 cm³/mol. The average Bonchev–Trinajstić information content (AvgIpc) is 3.39. The summed E-state index contributed by atoms with van der Waals surface area (Å²) < 4.78 is 7.30. The summed E-state index contributed by atoms with van der Waals surface area (Å²) >= 11 is 0. The van der Waals surface area contributed by atoms with Crippen molar-refractivity contribution in [2.24, 2.45) is 0 Å². The smallest absolute Gasteiger partial charge is 0.272 e. The Morgan fingerprint density at radius 1 is 1.11 bits per heavy atom. The van der Waals surface area contributed by atoms with Crippen molar-refractivity contribution in [3.8, 4) is 17.1 Å². The van der Waals surface area contributed by atoms with E-state index in [1.807, 2.05) is 36.9 Å². The second-order valence-electron chi connectivity index (χ2n) is 7.32. The molecule has 6 heteroatoms. The van der Waals surface area contributed by atoms with E-state index in [2.05, 4.69) is 30.0 Å². The van der Waals surface area contributed by atoms with Crippen molar-refractivity contribution in [2.75, 3.05) is 32.7 Å². The number of benzene rings is 1. The highest BCUT2D eigenvalue weighted by Crippen LogP contribution is 2.25. The van der Waals surface area contributed by atoms with Gasteiger partial charge in [-0.05, 0) is 49.7 Å². The molecule has 1 aliphatic heterocycles. The van der Waals surface area contributed by atoms with Gasteiger partial charge in [-0.3, -0.25) is 4.79 Å². The molecule has 1 amide bonds. The van der Waals surface area contributed by atoms with Crippen LogP contribution in [0.2, 0.25) is 0 Å². The summed E-state index contributed by atoms with van der Waals surface area (Å²) in [6.45, 7) is 10.5. The van der Waals surface area contributed by atoms with Gasteiger partial charge in [0.1, 0.15) is 11.4 Å². The van der Waals surface area contributed by atoms with Gasteiger partial charge in [0.2, 0.25) is 0 Å². The van der Waals surface area contributed by atoms with Gasteiger partial charge in [-0.15, -0.1) is 0 Å². The van der Waals surface area contributed by atoms with Crippen LogP contribution >= 0.6 is 0 Å². The van der Waals surface area contributed by atoms with Gasteiger partial charge in [0.15, 0.2) is 5.76 Å². The molecule has 3 heterocycles. The average molecular weight is 378 g/mol. The van der Waals surface area contributed by atoms with Crippen LogP contribution in [0, 0.1) is 13.8 Å². The van der Waals surface area contributed by atoms with Crippen molar-refractivity contribution < 1.29 is 9.21 Å². The van der Waals surface area contributed by atoms with Crippen LogP contribution in [0.15, 0.2) is 47.1 Å². The molecule has 2 aromatic heterocycles. The second-order valence-corrected chi connectivity index (χ2v) is 7.32. The van der Waals surface area contributed by atoms with Crippen LogP contribution in [-0.2, 0) is 0 Å². The molecule has 0 N–H and O–H groups in total. The minimum Gasteiger partial charge on any atom is -0.463 e. The number of furan rings is 1. The molecule has 0 bridgehead atoms. The fraction of sp³-hybridized carbons (Fsp3) is 0.364. The van der Waals surface area contributed by atoms with Gasteiger partial charge in [-0.25, -0.2) is 4.68 Å². The Labute approximate surface area is 165 Å². The fourth-order valence-corrected chi connectivity index (χ4v) is 3.64. The first kappa shape index (κ1) is 18.5. The summed E-state index contributed by atoms with van der Waals surface area (Å²) in [6.07, 6.45) is 1.62. The third-order valence-corrected chi connectivity index (χ3v) is 5.40. The molecule has 146 valence electrons. The van der Waals surface area contributed by atoms with E-state index in [1.165, 1.54) is 0 Å². The minimum absolute atomic E-state index is 0.0157. The summed E-state index contributed by atoms with van der Waals surface area (Å²) in [5.74, 6) is 0.677. The Balaban J connectivity index is 1.75. The number of likely N-dealkylation sites (N-methyl/N-ethyl adjacent to an activating group) is 1. The van der Waals surface area contributed by atoms with Gasteiger partial charge in [0, 0.05) is 32.2 Å². The summed E-state index contributed by atoms with van der Waals surface area (Å²) in [5, 5.41) is 4.74. The monoisotopic (exact) mass is 378 g/mol. The Kier molecular flexibility index (Phi) is 5.05. The lowest BCUT2D eigenvalue weighted by Crippen LogP contribution is -2.48. The first-order valence-electron chi connectivity index (χ1n) is 9.80. The number of rotatable bonds is 4. The third kappa shape index (κ3) is 3.47. The topological polar surface area (TPSA) is 54.5 Å². The number of piperazine rings is 1. The molecule has 0 radical (unpaired) electrons. The number of carbonyl (C=O) groups excluding carboxylic acids is 1. The minimum atomic E-state index is 0.0157. The van der Waals surface area contributed by atoms with Gasteiger partial charge in [-0.2, -0.15) is 5.10 Å². The summed E-state index contributed by atoms with van der Waals surface area (Å²) in [7, 11) is 0. The van der Waals surface area contributed by atoms with E-state index < -0.39 is 0 Å². The molecule has 6 nitrogen and oxygen atoms in total. The third-order valence-electron chi connectivity index (χ3n) is 5.40. The highest BCUT2D eigenvalue weighted by molar-refractivity contribution is 5.94. The Morgan fingerprint density at radius 2 is 1.89 bits per heavy atom. The van der Waals surface area contributed by atoms with E-state index in [0.717, 1.165) is 49.5 Å². The maximum atomic E-state index is 13.4. The molecule has 3 aromatic rings. The number of aryl methyl sites for hydroxylation is 2. The summed E-state index contributed by atoms with van der Waals surface area (Å²) in [5.41, 5.74) is 4.37. The SMILES string of the molecule is CCN1CCN(C(=O)c2cc(-c3ccco3)nn2-c2cc(C)ccc2C)CC1. The van der Waals surface area contributed by atoms with Crippen LogP contribution in [0.3, 0.4) is 0 Å². The van der Waals surface area contributed by atoms with E-state index in [0.29, 0.717) is 17.1 Å². The highest BCUT2D eigenvalue weighted by Gasteiger charge is 2.26. The maximum absolute atomic E-state index is 13.4. The van der Waals surface area contributed by atoms with Crippen molar-refractivity contribution in [1.29, 1.82) is 0 Å². The van der Waals surface area contributed by atoms with Crippen LogP contribution in [0.1, 0.15) is 28.5 Å². The lowest BCUT2D eigenvalue weighted by Gasteiger charge is -2.34. The lowest BCUT2D eigenvalue weighted by atomic mass is 10.1. The number of carbonyl (C=O) groups is 1. The number of hydrogen-bond acceptors (Lipinski definition) is 4. The van der Waals surface area contributed by atoms with Gasteiger partial charge >= 0.3 is 0 Å². The molecule has 0 atom stereocenters. The first-order chi connectivity index (χ1) is 13.6. The summed E-state index contributed by atoms with van der Waals surface area (Å²) in [4.78, 5) is 17.7. The van der Waals surface area contributed by atoms with E-state index in [-0.39, 0.29) is 5.91 Å². The van der Waals surface area contributed by atoms with Crippen molar-refractivity contribution >= 4 is 5.91 Å². The fourth-order valence-electron chi connectivity index (χ4n) is 3.64. The Morgan fingerprint density at radius 3 is 2.57 bits per heavy atom. The number of nitrogens with zero attached hydrogens (tertiary/aromatic N) is 4. The lowest BCUT2D eigenvalue weighted by molar-refractivity contribution is 0.0634. The van der Waals surface area contributed by atoms with E-state index >= 15 is 0 Å². The van der Waals surface area contributed by atoms with Gasteiger partial charge in [0.05, 0.1) is 12.0 Å². The van der Waals surface area contributed by atoms with Gasteiger partial charge < -0.3 is 14.2 Å². The predicted octanol–water partition coefficient (Wildman–Crippen LogP) is 3.53. The molecule has 1 saturated heterocycles. The molecule has 0 spiro atoms. The molecule has 1 fully saturated rings. The van der Waals surface area contributed by atoms with Gasteiger partial charge in [-0.1, -0.05) is 19.1 Å². The standard InChI is InChI=1S/C22H26N4O2/c1-4-24-9-11-25(12-10-24)22(27)20-15-18(21-6-5-13-28-21)23-26(20)19-14-16(2)7-8-17(19)3/h5-8,13-15H,4,9-12H2,1-3H3. The molecule has 1 aliphatic rings. The Hall–Kier alpha value is -2.86. The largest absolute Gasteiger partial charge is 0.463 e. The van der Waals surface area contributed by atoms with Crippen LogP contribution in [0.5, 0.6) is 0 Å². The molecule has 0 aliphatic carbocycles. The zero-order valence-corrected chi connectivity index (χ0v) is 16.7. The number of amides is 1. The Bertz CT molecular complexity index is 967. The maximum Gasteiger partial charge on any atom is 0.272 e. The molecule has 0 saturated carbocycles. The zero-order chi connectivity index (χ0) is 19.7. The highest BCUT2D eigenvalue weighted by atomic mass is 16.3. The van der Waals surface area contributed by atoms with Crippen molar-refractivity contribution in [2.45, 2.75) is 20.8 Å². The van der Waals surface area contributed by atoms with E-state index in [1.54, 1.807) is 10.9 Å². The van der Waals surface area contributed by atoms with Gasteiger partial charge in [0.25, 0.3) is 5.91 Å². The van der Waals surface area contributed by atoms with Crippen LogP contribution < -0.4 is 0 Å². The molecular weight excluding hydrogens is 352 g/mol. The quantitative estimate of drug-likeness (QED) is 0.697. The van der Waals surface area contributed by atoms with Crippen molar-refractivity contribution in [3.63, 3.8) is 0 Å². The van der Waals surface area contributed by atoms with Crippen LogP contribution in [0.4, 0.5) is 0 Å². The second kappa shape index (κ2) is 7.64. The molecule has 28 heavy (non-hydrogen) atoms. The number of hydrogen-bond donors (Lipinski definition) is 0. The zero-order valence-electron chi connectivity index (χ0n) is 16.7. The first-order valence-corrected chi connectivity index (χ1v) is 9.80. The van der Waals surface area contributed by atoms with Crippen molar-refractivity contribution in [1.82, 2.24) is 19.6 Å². The van der Waals surface area contributed by atoms with E-state index in [9.17, 15) is 4.79 Å². The number of aromatic nitrogens is 2. The normalized spacial score (nSPS) is 15.2. The van der Waals surface area contributed by atoms with Crippen LogP contribution in [0.25, 0.3) is 17.1 Å². The summed E-state index contributed by atoms with van der Waals surface area (Å²) in [6, 6.07) is 11.7.